The molecule has 0 saturated carbocycles. The monoisotopic (exact) mass is 412 g/mol. The van der Waals surface area contributed by atoms with Crippen molar-refractivity contribution < 1.29 is 23.8 Å². The normalized spacial score (nSPS) is 10.3. The maximum atomic E-state index is 12.1. The Labute approximate surface area is 172 Å². The first-order valence-corrected chi connectivity index (χ1v) is 9.64. The number of aromatic nitrogens is 1. The van der Waals surface area contributed by atoms with Gasteiger partial charge in [0.2, 0.25) is 0 Å². The number of esters is 1. The lowest BCUT2D eigenvalue weighted by molar-refractivity contribution is -0.143. The van der Waals surface area contributed by atoms with Crippen molar-refractivity contribution in [2.24, 2.45) is 0 Å². The maximum Gasteiger partial charge on any atom is 0.325 e. The van der Waals surface area contributed by atoms with Crippen molar-refractivity contribution in [3.63, 3.8) is 0 Å². The number of ether oxygens (including phenoxy) is 3. The van der Waals surface area contributed by atoms with E-state index in [4.69, 9.17) is 14.2 Å². The molecule has 0 fully saturated rings. The number of nitrogens with zero attached hydrogens (tertiary/aromatic N) is 1. The van der Waals surface area contributed by atoms with Gasteiger partial charge in [-0.1, -0.05) is 18.2 Å². The molecule has 3 rings (SSSR count). The topological polar surface area (TPSA) is 86.8 Å². The van der Waals surface area contributed by atoms with Gasteiger partial charge >= 0.3 is 5.97 Å². The zero-order chi connectivity index (χ0) is 20.6. The summed E-state index contributed by atoms with van der Waals surface area (Å²) in [5, 5.41) is 5.13. The van der Waals surface area contributed by atoms with Crippen LogP contribution in [-0.4, -0.2) is 37.6 Å². The molecule has 0 saturated heterocycles. The predicted octanol–water partition coefficient (Wildman–Crippen LogP) is 3.30. The molecule has 8 heteroatoms. The summed E-state index contributed by atoms with van der Waals surface area (Å²) in [4.78, 5) is 28.5. The molecular formula is C21H20N2O5S. The SMILES string of the molecule is COc1cccc(C(=O)NCC(=O)OCc2csc(-c3ccccc3OC)n2)c1. The van der Waals surface area contributed by atoms with E-state index in [2.05, 4.69) is 10.3 Å². The lowest BCUT2D eigenvalue weighted by Crippen LogP contribution is -2.30. The van der Waals surface area contributed by atoms with Crippen LogP contribution in [0.4, 0.5) is 0 Å². The Morgan fingerprint density at radius 2 is 1.90 bits per heavy atom. The molecule has 7 nitrogen and oxygen atoms in total. The van der Waals surface area contributed by atoms with E-state index in [0.29, 0.717) is 17.0 Å². The van der Waals surface area contributed by atoms with Gasteiger partial charge in [0.25, 0.3) is 5.91 Å². The van der Waals surface area contributed by atoms with Crippen LogP contribution in [-0.2, 0) is 16.1 Å². The fourth-order valence-corrected chi connectivity index (χ4v) is 3.38. The molecule has 2 aromatic carbocycles. The van der Waals surface area contributed by atoms with Crippen LogP contribution in [0.1, 0.15) is 16.1 Å². The summed E-state index contributed by atoms with van der Waals surface area (Å²) in [6.07, 6.45) is 0. The highest BCUT2D eigenvalue weighted by atomic mass is 32.1. The van der Waals surface area contributed by atoms with Crippen LogP contribution >= 0.6 is 11.3 Å². The number of benzene rings is 2. The highest BCUT2D eigenvalue weighted by Gasteiger charge is 2.13. The number of para-hydroxylation sites is 1. The number of rotatable bonds is 8. The number of nitrogens with one attached hydrogen (secondary N) is 1. The van der Waals surface area contributed by atoms with E-state index in [9.17, 15) is 9.59 Å². The Hall–Kier alpha value is -3.39. The zero-order valence-corrected chi connectivity index (χ0v) is 16.8. The van der Waals surface area contributed by atoms with E-state index >= 15 is 0 Å². The summed E-state index contributed by atoms with van der Waals surface area (Å²) >= 11 is 1.44. The number of thiazole rings is 1. The number of amides is 1. The quantitative estimate of drug-likeness (QED) is 0.572. The number of hydrogen-bond donors (Lipinski definition) is 1. The second-order valence-corrected chi connectivity index (χ2v) is 6.78. The van der Waals surface area contributed by atoms with Gasteiger partial charge in [0.05, 0.1) is 25.5 Å². The molecule has 1 heterocycles. The molecule has 150 valence electrons. The molecule has 1 amide bonds. The molecule has 1 aromatic heterocycles. The zero-order valence-electron chi connectivity index (χ0n) is 16.0. The Morgan fingerprint density at radius 3 is 2.69 bits per heavy atom. The van der Waals surface area contributed by atoms with Gasteiger partial charge in [-0.05, 0) is 30.3 Å². The van der Waals surface area contributed by atoms with Gasteiger partial charge in [0.1, 0.15) is 29.7 Å². The molecule has 3 aromatic rings. The Morgan fingerprint density at radius 1 is 1.07 bits per heavy atom. The third-order valence-electron chi connectivity index (χ3n) is 4.00. The second-order valence-electron chi connectivity index (χ2n) is 5.92. The highest BCUT2D eigenvalue weighted by molar-refractivity contribution is 7.13. The number of carbonyl (C=O) groups is 2. The largest absolute Gasteiger partial charge is 0.497 e. The van der Waals surface area contributed by atoms with Gasteiger partial charge in [-0.2, -0.15) is 0 Å². The van der Waals surface area contributed by atoms with E-state index < -0.39 is 5.97 Å². The maximum absolute atomic E-state index is 12.1. The van der Waals surface area contributed by atoms with Crippen molar-refractivity contribution in [1.82, 2.24) is 10.3 Å². The van der Waals surface area contributed by atoms with Crippen molar-refractivity contribution >= 4 is 23.2 Å². The lowest BCUT2D eigenvalue weighted by atomic mass is 10.2. The standard InChI is InChI=1S/C21H20N2O5S/c1-26-16-7-5-6-14(10-16)20(25)22-11-19(24)28-12-15-13-29-21(23-15)17-8-3-4-9-18(17)27-2/h3-10,13H,11-12H2,1-2H3,(H,22,25). The molecule has 0 aliphatic heterocycles. The Balaban J connectivity index is 1.51. The molecule has 0 bridgehead atoms. The molecule has 0 spiro atoms. The third-order valence-corrected chi connectivity index (χ3v) is 4.92. The summed E-state index contributed by atoms with van der Waals surface area (Å²) in [5.74, 6) is 0.362. The average molecular weight is 412 g/mol. The summed E-state index contributed by atoms with van der Waals surface area (Å²) in [6, 6.07) is 14.2. The van der Waals surface area contributed by atoms with E-state index in [-0.39, 0.29) is 19.1 Å². The first-order chi connectivity index (χ1) is 14.1. The van der Waals surface area contributed by atoms with Gasteiger partial charge in [0, 0.05) is 10.9 Å². The smallest absolute Gasteiger partial charge is 0.325 e. The predicted molar refractivity (Wildman–Crippen MR) is 109 cm³/mol. The number of methoxy groups -OCH3 is 2. The summed E-state index contributed by atoms with van der Waals surface area (Å²) in [6.45, 7) is -0.209. The third kappa shape index (κ3) is 5.32. The molecule has 1 N–H and O–H groups in total. The van der Waals surface area contributed by atoms with E-state index in [1.807, 2.05) is 29.6 Å². The summed E-state index contributed by atoms with van der Waals surface area (Å²) in [5.41, 5.74) is 1.91. The Kier molecular flexibility index (Phi) is 6.80. The van der Waals surface area contributed by atoms with Crippen LogP contribution in [0.2, 0.25) is 0 Å². The van der Waals surface area contributed by atoms with Crippen LogP contribution in [0.5, 0.6) is 11.5 Å². The highest BCUT2D eigenvalue weighted by Crippen LogP contribution is 2.31. The van der Waals surface area contributed by atoms with Crippen LogP contribution in [0, 0.1) is 0 Å². The van der Waals surface area contributed by atoms with Gasteiger partial charge in [-0.3, -0.25) is 9.59 Å². The van der Waals surface area contributed by atoms with E-state index in [1.165, 1.54) is 18.4 Å². The second kappa shape index (κ2) is 9.70. The molecule has 0 aliphatic carbocycles. The van der Waals surface area contributed by atoms with Crippen molar-refractivity contribution in [3.05, 3.63) is 65.2 Å². The van der Waals surface area contributed by atoms with E-state index in [1.54, 1.807) is 31.4 Å². The van der Waals surface area contributed by atoms with Crippen LogP contribution in [0.15, 0.2) is 53.9 Å². The first-order valence-electron chi connectivity index (χ1n) is 8.76. The average Bonchev–Trinajstić information content (AvgIpc) is 3.24. The van der Waals surface area contributed by atoms with Crippen molar-refractivity contribution in [1.29, 1.82) is 0 Å². The van der Waals surface area contributed by atoms with Crippen LogP contribution in [0.25, 0.3) is 10.6 Å². The molecule has 29 heavy (non-hydrogen) atoms. The molecule has 0 atom stereocenters. The van der Waals surface area contributed by atoms with Crippen LogP contribution in [0.3, 0.4) is 0 Å². The molecule has 0 radical (unpaired) electrons. The van der Waals surface area contributed by atoms with E-state index in [0.717, 1.165) is 16.3 Å². The van der Waals surface area contributed by atoms with Crippen LogP contribution < -0.4 is 14.8 Å². The Bertz CT molecular complexity index is 1000. The summed E-state index contributed by atoms with van der Waals surface area (Å²) < 4.78 is 15.6. The fraction of sp³-hybridized carbons (Fsp3) is 0.190. The van der Waals surface area contributed by atoms with Gasteiger partial charge < -0.3 is 19.5 Å². The number of hydrogen-bond acceptors (Lipinski definition) is 7. The number of carbonyl (C=O) groups excluding carboxylic acids is 2. The lowest BCUT2D eigenvalue weighted by Gasteiger charge is -2.07. The van der Waals surface area contributed by atoms with Gasteiger partial charge in [0.15, 0.2) is 0 Å². The minimum atomic E-state index is -0.548. The van der Waals surface area contributed by atoms with Gasteiger partial charge in [-0.25, -0.2) is 4.98 Å². The van der Waals surface area contributed by atoms with Crippen molar-refractivity contribution in [2.45, 2.75) is 6.61 Å². The van der Waals surface area contributed by atoms with Crippen molar-refractivity contribution in [3.8, 4) is 22.1 Å². The fourth-order valence-electron chi connectivity index (χ4n) is 2.54. The molecule has 0 unspecified atom stereocenters. The first kappa shape index (κ1) is 20.3. The molecular weight excluding hydrogens is 392 g/mol. The minimum absolute atomic E-state index is 0.0273. The molecule has 0 aliphatic rings. The van der Waals surface area contributed by atoms with Crippen molar-refractivity contribution in [2.75, 3.05) is 20.8 Å². The minimum Gasteiger partial charge on any atom is -0.497 e. The summed E-state index contributed by atoms with van der Waals surface area (Å²) in [7, 11) is 3.13. The van der Waals surface area contributed by atoms with Gasteiger partial charge in [-0.15, -0.1) is 11.3 Å².